The van der Waals surface area contributed by atoms with Gasteiger partial charge in [0.25, 0.3) is 5.56 Å². The Morgan fingerprint density at radius 3 is 2.76 bits per heavy atom. The molecule has 0 saturated carbocycles. The summed E-state index contributed by atoms with van der Waals surface area (Å²) in [5.74, 6) is -1.08. The highest BCUT2D eigenvalue weighted by Gasteiger charge is 2.33. The van der Waals surface area contributed by atoms with Gasteiger partial charge in [-0.25, -0.2) is 14.2 Å². The number of fused-ring (bicyclic) bond motifs is 1. The second-order valence-electron chi connectivity index (χ2n) is 8.13. The molecule has 0 radical (unpaired) electrons. The molecular weight excluding hydrogens is 457 g/mol. The average Bonchev–Trinajstić information content (AvgIpc) is 2.84. The number of carbonyl (C=O) groups is 2. The maximum absolute atomic E-state index is 14.3. The summed E-state index contributed by atoms with van der Waals surface area (Å²) in [5.41, 5.74) is 0.952. The van der Waals surface area contributed by atoms with Crippen molar-refractivity contribution in [3.63, 3.8) is 0 Å². The molecule has 1 fully saturated rings. The lowest BCUT2D eigenvalue weighted by atomic mass is 10.0. The van der Waals surface area contributed by atoms with Gasteiger partial charge in [0.15, 0.2) is 5.16 Å². The molecule has 1 saturated heterocycles. The van der Waals surface area contributed by atoms with E-state index in [1.54, 1.807) is 55.1 Å². The van der Waals surface area contributed by atoms with Crippen LogP contribution in [0.15, 0.2) is 52.4 Å². The fourth-order valence-corrected chi connectivity index (χ4v) is 4.98. The largest absolute Gasteiger partial charge is 0.464 e. The molecule has 2 heterocycles. The number of rotatable bonds is 6. The molecule has 3 aromatic rings. The van der Waals surface area contributed by atoms with E-state index in [1.165, 1.54) is 10.6 Å². The van der Waals surface area contributed by atoms with Crippen molar-refractivity contribution in [2.75, 3.05) is 18.9 Å². The monoisotopic (exact) mass is 483 g/mol. The van der Waals surface area contributed by atoms with E-state index >= 15 is 0 Å². The van der Waals surface area contributed by atoms with Crippen LogP contribution >= 0.6 is 11.8 Å². The number of piperidine rings is 1. The first-order chi connectivity index (χ1) is 16.4. The summed E-state index contributed by atoms with van der Waals surface area (Å²) in [7, 11) is 0. The number of hydrogen-bond donors (Lipinski definition) is 0. The number of benzene rings is 2. The van der Waals surface area contributed by atoms with Crippen molar-refractivity contribution in [3.8, 4) is 5.69 Å². The third kappa shape index (κ3) is 4.84. The molecule has 1 aliphatic heterocycles. The van der Waals surface area contributed by atoms with Gasteiger partial charge in [-0.2, -0.15) is 0 Å². The van der Waals surface area contributed by atoms with E-state index in [9.17, 15) is 18.8 Å². The summed E-state index contributed by atoms with van der Waals surface area (Å²) in [4.78, 5) is 45.0. The summed E-state index contributed by atoms with van der Waals surface area (Å²) in [6.45, 7) is 4.12. The number of thioether (sulfide) groups is 1. The van der Waals surface area contributed by atoms with Gasteiger partial charge in [-0.3, -0.25) is 14.2 Å². The van der Waals surface area contributed by atoms with Crippen molar-refractivity contribution >= 4 is 34.5 Å². The standard InChI is InChI=1S/C25H26FN3O4S/c1-3-33-24(32)21-10-6-7-13-28(21)22(30)15-34-25-27-20-9-5-4-8-18(20)23(31)29(25)17-12-11-16(2)19(26)14-17/h4-5,8-9,11-12,14,21H,3,6-7,10,13,15H2,1-2H3. The van der Waals surface area contributed by atoms with Crippen LogP contribution in [0.3, 0.4) is 0 Å². The van der Waals surface area contributed by atoms with E-state index in [0.717, 1.165) is 24.6 Å². The molecule has 4 rings (SSSR count). The third-order valence-electron chi connectivity index (χ3n) is 5.87. The molecule has 9 heteroatoms. The number of amides is 1. The van der Waals surface area contributed by atoms with Gasteiger partial charge in [0.1, 0.15) is 11.9 Å². The number of aromatic nitrogens is 2. The second-order valence-corrected chi connectivity index (χ2v) is 9.07. The number of para-hydroxylation sites is 1. The molecule has 1 atom stereocenters. The van der Waals surface area contributed by atoms with E-state index in [2.05, 4.69) is 4.98 Å². The predicted molar refractivity (Wildman–Crippen MR) is 129 cm³/mol. The molecule has 0 spiro atoms. The molecule has 1 aliphatic rings. The van der Waals surface area contributed by atoms with Crippen LogP contribution in [0, 0.1) is 12.7 Å². The summed E-state index contributed by atoms with van der Waals surface area (Å²) >= 11 is 1.10. The number of carbonyl (C=O) groups excluding carboxylic acids is 2. The van der Waals surface area contributed by atoms with E-state index in [0.29, 0.717) is 35.1 Å². The Balaban J connectivity index is 1.67. The Hall–Kier alpha value is -3.20. The molecule has 0 bridgehead atoms. The molecule has 178 valence electrons. The molecule has 2 aromatic carbocycles. The highest BCUT2D eigenvalue weighted by molar-refractivity contribution is 7.99. The molecule has 1 aromatic heterocycles. The summed E-state index contributed by atoms with van der Waals surface area (Å²) in [6.07, 6.45) is 2.23. The zero-order chi connectivity index (χ0) is 24.2. The van der Waals surface area contributed by atoms with Gasteiger partial charge in [0.2, 0.25) is 5.91 Å². The first kappa shape index (κ1) is 23.9. The lowest BCUT2D eigenvalue weighted by Gasteiger charge is -2.34. The number of aryl methyl sites for hydroxylation is 1. The molecule has 0 aliphatic carbocycles. The number of ether oxygens (including phenoxy) is 1. The summed E-state index contributed by atoms with van der Waals surface area (Å²) in [6, 6.07) is 10.9. The zero-order valence-electron chi connectivity index (χ0n) is 19.1. The van der Waals surface area contributed by atoms with Gasteiger partial charge in [0, 0.05) is 6.54 Å². The molecule has 0 N–H and O–H groups in total. The van der Waals surface area contributed by atoms with Crippen LogP contribution in [0.5, 0.6) is 0 Å². The number of likely N-dealkylation sites (tertiary alicyclic amines) is 1. The van der Waals surface area contributed by atoms with Gasteiger partial charge in [-0.1, -0.05) is 30.0 Å². The van der Waals surface area contributed by atoms with Gasteiger partial charge >= 0.3 is 5.97 Å². The third-order valence-corrected chi connectivity index (χ3v) is 6.79. The molecule has 1 unspecified atom stereocenters. The Bertz CT molecular complexity index is 1290. The Labute approximate surface area is 200 Å². The highest BCUT2D eigenvalue weighted by Crippen LogP contribution is 2.25. The Kier molecular flexibility index (Phi) is 7.31. The lowest BCUT2D eigenvalue weighted by molar-refractivity contribution is -0.155. The first-order valence-electron chi connectivity index (χ1n) is 11.3. The number of nitrogens with zero attached hydrogens (tertiary/aromatic N) is 3. The normalized spacial score (nSPS) is 16.0. The van der Waals surface area contributed by atoms with Crippen LogP contribution in [-0.2, 0) is 14.3 Å². The molecule has 7 nitrogen and oxygen atoms in total. The topological polar surface area (TPSA) is 81.5 Å². The van der Waals surface area contributed by atoms with E-state index in [-0.39, 0.29) is 29.0 Å². The highest BCUT2D eigenvalue weighted by atomic mass is 32.2. The lowest BCUT2D eigenvalue weighted by Crippen LogP contribution is -2.49. The maximum atomic E-state index is 14.3. The molecule has 34 heavy (non-hydrogen) atoms. The minimum Gasteiger partial charge on any atom is -0.464 e. The van der Waals surface area contributed by atoms with E-state index in [4.69, 9.17) is 4.74 Å². The van der Waals surface area contributed by atoms with Crippen molar-refractivity contribution in [2.24, 2.45) is 0 Å². The van der Waals surface area contributed by atoms with Gasteiger partial charge < -0.3 is 9.64 Å². The van der Waals surface area contributed by atoms with Crippen LogP contribution in [0.25, 0.3) is 16.6 Å². The SMILES string of the molecule is CCOC(=O)C1CCCCN1C(=O)CSc1nc2ccccc2c(=O)n1-c1ccc(C)c(F)c1. The second kappa shape index (κ2) is 10.4. The summed E-state index contributed by atoms with van der Waals surface area (Å²) in [5, 5.41) is 0.683. The quantitative estimate of drug-likeness (QED) is 0.301. The van der Waals surface area contributed by atoms with Crippen LogP contribution in [0.2, 0.25) is 0 Å². The minimum absolute atomic E-state index is 0.0188. The smallest absolute Gasteiger partial charge is 0.328 e. The van der Waals surface area contributed by atoms with Crippen LogP contribution < -0.4 is 5.56 Å². The molecule has 1 amide bonds. The van der Waals surface area contributed by atoms with Gasteiger partial charge in [-0.15, -0.1) is 0 Å². The van der Waals surface area contributed by atoms with Crippen molar-refractivity contribution in [2.45, 2.75) is 44.3 Å². The van der Waals surface area contributed by atoms with Crippen molar-refractivity contribution in [3.05, 3.63) is 64.2 Å². The molecular formula is C25H26FN3O4S. The fraction of sp³-hybridized carbons (Fsp3) is 0.360. The minimum atomic E-state index is -0.597. The van der Waals surface area contributed by atoms with Crippen LogP contribution in [0.4, 0.5) is 4.39 Å². The number of hydrogen-bond acceptors (Lipinski definition) is 6. The number of halogens is 1. The summed E-state index contributed by atoms with van der Waals surface area (Å²) < 4.78 is 20.8. The van der Waals surface area contributed by atoms with E-state index < -0.39 is 17.8 Å². The van der Waals surface area contributed by atoms with E-state index in [1.807, 2.05) is 0 Å². The van der Waals surface area contributed by atoms with Crippen molar-refractivity contribution < 1.29 is 18.7 Å². The van der Waals surface area contributed by atoms with Crippen molar-refractivity contribution in [1.82, 2.24) is 14.5 Å². The zero-order valence-corrected chi connectivity index (χ0v) is 19.9. The van der Waals surface area contributed by atoms with Crippen LogP contribution in [0.1, 0.15) is 31.7 Å². The Morgan fingerprint density at radius 2 is 2.00 bits per heavy atom. The van der Waals surface area contributed by atoms with Gasteiger partial charge in [-0.05, 0) is 62.9 Å². The average molecular weight is 484 g/mol. The first-order valence-corrected chi connectivity index (χ1v) is 12.3. The van der Waals surface area contributed by atoms with Crippen molar-refractivity contribution in [1.29, 1.82) is 0 Å². The fourth-order valence-electron chi connectivity index (χ4n) is 4.08. The number of esters is 1. The van der Waals surface area contributed by atoms with Gasteiger partial charge in [0.05, 0.1) is 29.0 Å². The predicted octanol–water partition coefficient (Wildman–Crippen LogP) is 3.87. The maximum Gasteiger partial charge on any atom is 0.328 e. The van der Waals surface area contributed by atoms with Crippen LogP contribution in [-0.4, -0.2) is 51.3 Å². The Morgan fingerprint density at radius 1 is 1.21 bits per heavy atom.